The molecule has 2 heterocycles. The minimum atomic E-state index is -0.762. The maximum absolute atomic E-state index is 13.4. The third-order valence-electron chi connectivity index (χ3n) is 5.47. The van der Waals surface area contributed by atoms with Crippen LogP contribution in [0.2, 0.25) is 0 Å². The Kier molecular flexibility index (Phi) is 5.04. The molecule has 31 heavy (non-hydrogen) atoms. The highest BCUT2D eigenvalue weighted by Crippen LogP contribution is 2.34. The lowest BCUT2D eigenvalue weighted by molar-refractivity contribution is -0.147. The van der Waals surface area contributed by atoms with Crippen molar-refractivity contribution >= 4 is 17.6 Å². The van der Waals surface area contributed by atoms with Crippen LogP contribution in [0.4, 0.5) is 5.69 Å². The molecule has 0 bridgehead atoms. The Balaban J connectivity index is 1.49. The Hall–Kier alpha value is -3.80. The van der Waals surface area contributed by atoms with Crippen LogP contribution in [0.25, 0.3) is 11.1 Å². The van der Waals surface area contributed by atoms with Crippen LogP contribution in [-0.2, 0) is 20.9 Å². The second-order valence-corrected chi connectivity index (χ2v) is 7.55. The minimum absolute atomic E-state index is 0.193. The lowest BCUT2D eigenvalue weighted by atomic mass is 10.0. The van der Waals surface area contributed by atoms with E-state index in [0.717, 1.165) is 22.4 Å². The Bertz CT molecular complexity index is 1130. The molecule has 0 aromatic heterocycles. The Morgan fingerprint density at radius 3 is 2.52 bits per heavy atom. The average molecular weight is 415 g/mol. The number of anilines is 1. The number of amides is 1. The molecule has 1 fully saturated rings. The van der Waals surface area contributed by atoms with Crippen molar-refractivity contribution in [2.24, 2.45) is 0 Å². The highest BCUT2D eigenvalue weighted by molar-refractivity contribution is 5.99. The summed E-state index contributed by atoms with van der Waals surface area (Å²) in [6.45, 7) is 0.514. The highest BCUT2D eigenvalue weighted by Gasteiger charge is 2.34. The van der Waals surface area contributed by atoms with Gasteiger partial charge in [-0.05, 0) is 41.0 Å². The standard InChI is InChI=1S/C25H21NO5/c27-24-12-11-22(31-24)25(28)26(15-17-9-10-21-23(13-17)30-16-29-21)20-8-4-7-19(14-20)18-5-2-1-3-6-18/h1-10,13-14,22H,11-12,15-16H2/t22-/m0/s1. The van der Waals surface area contributed by atoms with Gasteiger partial charge in [-0.2, -0.15) is 0 Å². The number of cyclic esters (lactones) is 1. The molecule has 0 aliphatic carbocycles. The molecular weight excluding hydrogens is 394 g/mol. The zero-order valence-electron chi connectivity index (χ0n) is 16.8. The number of benzene rings is 3. The molecule has 1 atom stereocenters. The van der Waals surface area contributed by atoms with Gasteiger partial charge in [0.1, 0.15) is 0 Å². The fraction of sp³-hybridized carbons (Fsp3) is 0.200. The van der Waals surface area contributed by atoms with Crippen LogP contribution in [0.15, 0.2) is 72.8 Å². The Labute approximate surface area is 180 Å². The summed E-state index contributed by atoms with van der Waals surface area (Å²) >= 11 is 0. The molecule has 0 unspecified atom stereocenters. The largest absolute Gasteiger partial charge is 0.454 e. The van der Waals surface area contributed by atoms with E-state index in [1.54, 1.807) is 4.90 Å². The highest BCUT2D eigenvalue weighted by atomic mass is 16.7. The molecule has 1 amide bonds. The second kappa shape index (κ2) is 8.14. The summed E-state index contributed by atoms with van der Waals surface area (Å²) in [7, 11) is 0. The van der Waals surface area contributed by atoms with Crippen LogP contribution in [0.5, 0.6) is 11.5 Å². The molecule has 1 saturated heterocycles. The molecule has 6 heteroatoms. The van der Waals surface area contributed by atoms with Crippen molar-refractivity contribution in [3.05, 3.63) is 78.4 Å². The third kappa shape index (κ3) is 3.97. The molecule has 0 spiro atoms. The van der Waals surface area contributed by atoms with E-state index in [1.807, 2.05) is 72.8 Å². The number of carbonyl (C=O) groups excluding carboxylic acids is 2. The van der Waals surface area contributed by atoms with Gasteiger partial charge in [-0.1, -0.05) is 48.5 Å². The molecule has 0 radical (unpaired) electrons. The maximum Gasteiger partial charge on any atom is 0.306 e. The smallest absolute Gasteiger partial charge is 0.306 e. The van der Waals surface area contributed by atoms with Crippen molar-refractivity contribution in [1.29, 1.82) is 0 Å². The SMILES string of the molecule is O=C1CC[C@@H](C(=O)N(Cc2ccc3c(c2)OCO3)c2cccc(-c3ccccc3)c2)O1. The van der Waals surface area contributed by atoms with Gasteiger partial charge in [0.15, 0.2) is 17.6 Å². The first-order chi connectivity index (χ1) is 15.2. The van der Waals surface area contributed by atoms with E-state index < -0.39 is 6.10 Å². The van der Waals surface area contributed by atoms with Gasteiger partial charge >= 0.3 is 5.97 Å². The molecule has 3 aromatic carbocycles. The lowest BCUT2D eigenvalue weighted by Gasteiger charge is -2.26. The molecule has 5 rings (SSSR count). The number of esters is 1. The van der Waals surface area contributed by atoms with E-state index in [0.29, 0.717) is 24.5 Å². The third-order valence-corrected chi connectivity index (χ3v) is 5.47. The summed E-state index contributed by atoms with van der Waals surface area (Å²) in [6, 6.07) is 23.4. The predicted molar refractivity (Wildman–Crippen MR) is 115 cm³/mol. The molecule has 156 valence electrons. The zero-order valence-corrected chi connectivity index (χ0v) is 16.8. The first-order valence-corrected chi connectivity index (χ1v) is 10.2. The van der Waals surface area contributed by atoms with Crippen LogP contribution in [-0.4, -0.2) is 24.8 Å². The number of hydrogen-bond acceptors (Lipinski definition) is 5. The number of ether oxygens (including phenoxy) is 3. The van der Waals surface area contributed by atoms with E-state index in [4.69, 9.17) is 14.2 Å². The average Bonchev–Trinajstić information content (AvgIpc) is 3.46. The number of carbonyl (C=O) groups is 2. The summed E-state index contributed by atoms with van der Waals surface area (Å²) in [5.74, 6) is 0.792. The normalized spacial score (nSPS) is 16.8. The topological polar surface area (TPSA) is 65.1 Å². The van der Waals surface area contributed by atoms with Crippen molar-refractivity contribution in [2.75, 3.05) is 11.7 Å². The Morgan fingerprint density at radius 2 is 1.71 bits per heavy atom. The molecule has 2 aliphatic heterocycles. The van der Waals surface area contributed by atoms with Gasteiger partial charge in [-0.3, -0.25) is 9.59 Å². The summed E-state index contributed by atoms with van der Waals surface area (Å²) < 4.78 is 16.1. The van der Waals surface area contributed by atoms with E-state index in [9.17, 15) is 9.59 Å². The van der Waals surface area contributed by atoms with Crippen molar-refractivity contribution in [3.8, 4) is 22.6 Å². The van der Waals surface area contributed by atoms with E-state index in [2.05, 4.69) is 0 Å². The number of nitrogens with zero attached hydrogens (tertiary/aromatic N) is 1. The van der Waals surface area contributed by atoms with E-state index in [-0.39, 0.29) is 25.1 Å². The van der Waals surface area contributed by atoms with Gasteiger partial charge in [0, 0.05) is 18.5 Å². The van der Waals surface area contributed by atoms with E-state index >= 15 is 0 Å². The number of rotatable bonds is 5. The summed E-state index contributed by atoms with van der Waals surface area (Å²) in [5, 5.41) is 0. The van der Waals surface area contributed by atoms with Crippen LogP contribution in [0.3, 0.4) is 0 Å². The first kappa shape index (κ1) is 19.2. The molecule has 2 aliphatic rings. The van der Waals surface area contributed by atoms with Crippen LogP contribution < -0.4 is 14.4 Å². The maximum atomic E-state index is 13.4. The number of hydrogen-bond donors (Lipinski definition) is 0. The minimum Gasteiger partial charge on any atom is -0.454 e. The zero-order chi connectivity index (χ0) is 21.2. The quantitative estimate of drug-likeness (QED) is 0.581. The summed E-state index contributed by atoms with van der Waals surface area (Å²) in [5.41, 5.74) is 3.70. The van der Waals surface area contributed by atoms with Crippen molar-refractivity contribution < 1.29 is 23.8 Å². The second-order valence-electron chi connectivity index (χ2n) is 7.55. The van der Waals surface area contributed by atoms with Crippen molar-refractivity contribution in [1.82, 2.24) is 0 Å². The molecule has 0 saturated carbocycles. The van der Waals surface area contributed by atoms with Gasteiger partial charge in [0.2, 0.25) is 6.79 Å². The van der Waals surface area contributed by atoms with Gasteiger partial charge in [-0.25, -0.2) is 0 Å². The predicted octanol–water partition coefficient (Wildman–Crippen LogP) is 4.32. The lowest BCUT2D eigenvalue weighted by Crippen LogP contribution is -2.38. The van der Waals surface area contributed by atoms with Gasteiger partial charge in [0.25, 0.3) is 5.91 Å². The van der Waals surface area contributed by atoms with E-state index in [1.165, 1.54) is 0 Å². The molecule has 3 aromatic rings. The fourth-order valence-electron chi connectivity index (χ4n) is 3.88. The monoisotopic (exact) mass is 415 g/mol. The van der Waals surface area contributed by atoms with Crippen LogP contribution in [0.1, 0.15) is 18.4 Å². The van der Waals surface area contributed by atoms with Gasteiger partial charge in [0.05, 0.1) is 6.54 Å². The molecule has 0 N–H and O–H groups in total. The van der Waals surface area contributed by atoms with Crippen LogP contribution in [0, 0.1) is 0 Å². The van der Waals surface area contributed by atoms with Crippen molar-refractivity contribution in [2.45, 2.75) is 25.5 Å². The summed E-state index contributed by atoms with van der Waals surface area (Å²) in [4.78, 5) is 26.7. The summed E-state index contributed by atoms with van der Waals surface area (Å²) in [6.07, 6.45) is -0.103. The molecular formula is C25H21NO5. The van der Waals surface area contributed by atoms with Gasteiger partial charge in [-0.15, -0.1) is 0 Å². The van der Waals surface area contributed by atoms with Crippen LogP contribution >= 0.6 is 0 Å². The first-order valence-electron chi connectivity index (χ1n) is 10.2. The van der Waals surface area contributed by atoms with Crippen molar-refractivity contribution in [3.63, 3.8) is 0 Å². The Morgan fingerprint density at radius 1 is 0.903 bits per heavy atom. The number of fused-ring (bicyclic) bond motifs is 1. The molecule has 6 nitrogen and oxygen atoms in total. The fourth-order valence-corrected chi connectivity index (χ4v) is 3.88. The van der Waals surface area contributed by atoms with Gasteiger partial charge < -0.3 is 19.1 Å².